The molecule has 1 aromatic heterocycles. The molecule has 0 saturated carbocycles. The molecule has 1 heterocycles. The lowest BCUT2D eigenvalue weighted by Gasteiger charge is -2.11. The van der Waals surface area contributed by atoms with E-state index in [1.165, 1.54) is 31.4 Å². The average molecular weight is 449 g/mol. The topological polar surface area (TPSA) is 61.2 Å². The molecule has 154 valence electrons. The van der Waals surface area contributed by atoms with E-state index >= 15 is 0 Å². The van der Waals surface area contributed by atoms with E-state index < -0.39 is 32.4 Å². The van der Waals surface area contributed by atoms with Gasteiger partial charge in [-0.3, -0.25) is 0 Å². The summed E-state index contributed by atoms with van der Waals surface area (Å²) in [5.74, 6) is -0.877. The molecule has 0 bridgehead atoms. The fourth-order valence-electron chi connectivity index (χ4n) is 2.66. The van der Waals surface area contributed by atoms with Crippen LogP contribution >= 0.6 is 11.6 Å². The summed E-state index contributed by atoms with van der Waals surface area (Å²) in [6.45, 7) is 0. The highest BCUT2D eigenvalue weighted by molar-refractivity contribution is 7.90. The zero-order chi connectivity index (χ0) is 21.6. The number of ether oxygens (including phenoxy) is 1. The van der Waals surface area contributed by atoms with Crippen molar-refractivity contribution < 1.29 is 30.7 Å². The SMILES string of the molecule is COc1cc(-c2cc(C(F)(F)F)nn2-c2ccc(S(C)(=O)=O)c(F)c2)ccc1Cl. The van der Waals surface area contributed by atoms with E-state index in [-0.39, 0.29) is 27.7 Å². The monoisotopic (exact) mass is 448 g/mol. The van der Waals surface area contributed by atoms with Gasteiger partial charge < -0.3 is 4.74 Å². The molecule has 3 aromatic rings. The van der Waals surface area contributed by atoms with Gasteiger partial charge in [0, 0.05) is 17.9 Å². The smallest absolute Gasteiger partial charge is 0.435 e. The number of methoxy groups -OCH3 is 1. The summed E-state index contributed by atoms with van der Waals surface area (Å²) >= 11 is 5.97. The fraction of sp³-hybridized carbons (Fsp3) is 0.167. The second-order valence-corrected chi connectivity index (χ2v) is 8.45. The quantitative estimate of drug-likeness (QED) is 0.540. The number of alkyl halides is 3. The van der Waals surface area contributed by atoms with Crippen molar-refractivity contribution >= 4 is 21.4 Å². The zero-order valence-electron chi connectivity index (χ0n) is 15.0. The van der Waals surface area contributed by atoms with E-state index in [2.05, 4.69) is 5.10 Å². The molecular weight excluding hydrogens is 436 g/mol. The second-order valence-electron chi connectivity index (χ2n) is 6.06. The van der Waals surface area contributed by atoms with E-state index in [0.29, 0.717) is 0 Å². The van der Waals surface area contributed by atoms with Gasteiger partial charge in [0.05, 0.1) is 23.5 Å². The number of halogens is 5. The predicted molar refractivity (Wildman–Crippen MR) is 98.6 cm³/mol. The first-order valence-corrected chi connectivity index (χ1v) is 10.2. The molecule has 0 saturated heterocycles. The van der Waals surface area contributed by atoms with Gasteiger partial charge in [-0.05, 0) is 30.3 Å². The molecule has 3 rings (SSSR count). The van der Waals surface area contributed by atoms with Crippen molar-refractivity contribution in [1.29, 1.82) is 0 Å². The lowest BCUT2D eigenvalue weighted by atomic mass is 10.1. The molecule has 0 radical (unpaired) electrons. The molecule has 0 aliphatic carbocycles. The highest BCUT2D eigenvalue weighted by Crippen LogP contribution is 2.36. The standard InChI is InChI=1S/C18H13ClF4N2O3S/c1-28-15-7-10(3-5-12(15)19)14-9-17(18(21,22)23)24-25(14)11-4-6-16(13(20)8-11)29(2,26)27/h3-9H,1-2H3. The van der Waals surface area contributed by atoms with Crippen molar-refractivity contribution in [3.63, 3.8) is 0 Å². The van der Waals surface area contributed by atoms with Gasteiger partial charge in [-0.25, -0.2) is 17.5 Å². The Labute approximate surface area is 168 Å². The molecule has 5 nitrogen and oxygen atoms in total. The number of benzene rings is 2. The first-order valence-electron chi connectivity index (χ1n) is 7.93. The largest absolute Gasteiger partial charge is 0.495 e. The molecule has 0 N–H and O–H groups in total. The van der Waals surface area contributed by atoms with Gasteiger partial charge >= 0.3 is 6.18 Å². The maximum atomic E-state index is 14.3. The highest BCUT2D eigenvalue weighted by Gasteiger charge is 2.35. The molecule has 0 unspecified atom stereocenters. The van der Waals surface area contributed by atoms with Gasteiger partial charge in [0.1, 0.15) is 16.5 Å². The van der Waals surface area contributed by atoms with E-state index in [9.17, 15) is 26.0 Å². The summed E-state index contributed by atoms with van der Waals surface area (Å²) in [6.07, 6.45) is -3.92. The average Bonchev–Trinajstić information content (AvgIpc) is 3.06. The Hall–Kier alpha value is -2.59. The Morgan fingerprint density at radius 3 is 2.34 bits per heavy atom. The Kier molecular flexibility index (Phi) is 5.35. The zero-order valence-corrected chi connectivity index (χ0v) is 16.5. The third kappa shape index (κ3) is 4.23. The van der Waals surface area contributed by atoms with Gasteiger partial charge in [0.25, 0.3) is 0 Å². The van der Waals surface area contributed by atoms with E-state index in [0.717, 1.165) is 29.1 Å². The lowest BCUT2D eigenvalue weighted by molar-refractivity contribution is -0.141. The minimum atomic E-state index is -4.75. The molecule has 11 heteroatoms. The number of aromatic nitrogens is 2. The van der Waals surface area contributed by atoms with E-state index in [1.807, 2.05) is 0 Å². The maximum Gasteiger partial charge on any atom is 0.435 e. The first kappa shape index (κ1) is 21.1. The minimum Gasteiger partial charge on any atom is -0.495 e. The number of hydrogen-bond donors (Lipinski definition) is 0. The van der Waals surface area contributed by atoms with Gasteiger partial charge in [0.15, 0.2) is 15.5 Å². The van der Waals surface area contributed by atoms with Crippen LogP contribution in [0.3, 0.4) is 0 Å². The van der Waals surface area contributed by atoms with Crippen molar-refractivity contribution in [2.45, 2.75) is 11.1 Å². The van der Waals surface area contributed by atoms with Crippen molar-refractivity contribution in [3.8, 4) is 22.7 Å². The Bertz CT molecular complexity index is 1190. The second kappa shape index (κ2) is 7.34. The molecule has 0 aliphatic rings. The van der Waals surface area contributed by atoms with Crippen molar-refractivity contribution in [1.82, 2.24) is 9.78 Å². The maximum absolute atomic E-state index is 14.3. The van der Waals surface area contributed by atoms with Gasteiger partial charge in [-0.2, -0.15) is 18.3 Å². The van der Waals surface area contributed by atoms with Crippen molar-refractivity contribution in [3.05, 3.63) is 59.0 Å². The van der Waals surface area contributed by atoms with Crippen LogP contribution in [0.1, 0.15) is 5.69 Å². The van der Waals surface area contributed by atoms with Crippen LogP contribution in [-0.4, -0.2) is 31.6 Å². The van der Waals surface area contributed by atoms with Gasteiger partial charge in [-0.15, -0.1) is 0 Å². The van der Waals surface area contributed by atoms with Gasteiger partial charge in [0.2, 0.25) is 0 Å². The van der Waals surface area contributed by atoms with Crippen LogP contribution < -0.4 is 4.74 Å². The molecule has 0 fully saturated rings. The van der Waals surface area contributed by atoms with E-state index in [1.54, 1.807) is 0 Å². The van der Waals surface area contributed by atoms with Crippen LogP contribution in [0.2, 0.25) is 5.02 Å². The Morgan fingerprint density at radius 2 is 1.79 bits per heavy atom. The number of hydrogen-bond acceptors (Lipinski definition) is 4. The van der Waals surface area contributed by atoms with E-state index in [4.69, 9.17) is 16.3 Å². The summed E-state index contributed by atoms with van der Waals surface area (Å²) in [5, 5.41) is 3.79. The first-order chi connectivity index (χ1) is 13.4. The summed E-state index contributed by atoms with van der Waals surface area (Å²) < 4.78 is 83.2. The summed E-state index contributed by atoms with van der Waals surface area (Å²) in [5.41, 5.74) is -1.02. The molecular formula is C18H13ClF4N2O3S. The fourth-order valence-corrected chi connectivity index (χ4v) is 3.59. The third-order valence-corrected chi connectivity index (χ3v) is 5.45. The van der Waals surface area contributed by atoms with Crippen LogP contribution in [0, 0.1) is 5.82 Å². The van der Waals surface area contributed by atoms with Crippen LogP contribution in [0.15, 0.2) is 47.4 Å². The molecule has 0 atom stereocenters. The Balaban J connectivity index is 2.24. The summed E-state index contributed by atoms with van der Waals surface area (Å²) in [4.78, 5) is -0.570. The van der Waals surface area contributed by atoms with Crippen molar-refractivity contribution in [2.24, 2.45) is 0 Å². The lowest BCUT2D eigenvalue weighted by Crippen LogP contribution is -2.08. The molecule has 29 heavy (non-hydrogen) atoms. The number of nitrogens with zero attached hydrogens (tertiary/aromatic N) is 2. The Morgan fingerprint density at radius 1 is 1.10 bits per heavy atom. The highest BCUT2D eigenvalue weighted by atomic mass is 35.5. The third-order valence-electron chi connectivity index (χ3n) is 4.01. The normalized spacial score (nSPS) is 12.2. The van der Waals surface area contributed by atoms with Crippen LogP contribution in [0.5, 0.6) is 5.75 Å². The van der Waals surface area contributed by atoms with Crippen molar-refractivity contribution in [2.75, 3.05) is 13.4 Å². The van der Waals surface area contributed by atoms with Gasteiger partial charge in [-0.1, -0.05) is 17.7 Å². The van der Waals surface area contributed by atoms with Crippen LogP contribution in [-0.2, 0) is 16.0 Å². The minimum absolute atomic E-state index is 0.0150. The van der Waals surface area contributed by atoms with Crippen LogP contribution in [0.25, 0.3) is 16.9 Å². The predicted octanol–water partition coefficient (Wildman–Crippen LogP) is 4.76. The molecule has 0 amide bonds. The number of sulfone groups is 1. The summed E-state index contributed by atoms with van der Waals surface area (Å²) in [6, 6.07) is 8.06. The summed E-state index contributed by atoms with van der Waals surface area (Å²) in [7, 11) is -2.49. The molecule has 0 spiro atoms. The molecule has 0 aliphatic heterocycles. The molecule has 2 aromatic carbocycles. The van der Waals surface area contributed by atoms with Crippen LogP contribution in [0.4, 0.5) is 17.6 Å². The number of rotatable bonds is 4.